The van der Waals surface area contributed by atoms with Crippen molar-refractivity contribution in [2.75, 3.05) is 33.5 Å². The van der Waals surface area contributed by atoms with Gasteiger partial charge >= 0.3 is 5.97 Å². The average Bonchev–Trinajstić information content (AvgIpc) is 2.50. The zero-order valence-electron chi connectivity index (χ0n) is 11.3. The van der Waals surface area contributed by atoms with E-state index in [2.05, 4.69) is 0 Å². The van der Waals surface area contributed by atoms with Gasteiger partial charge in [0.1, 0.15) is 12.2 Å². The number of aliphatic hydroxyl groups excluding tert-OH is 3. The van der Waals surface area contributed by atoms with Crippen molar-refractivity contribution in [3.8, 4) is 5.75 Å². The first-order valence-electron chi connectivity index (χ1n) is 5.96. The molecule has 0 heterocycles. The molecule has 0 bridgehead atoms. The van der Waals surface area contributed by atoms with E-state index in [0.29, 0.717) is 0 Å². The molecule has 1 rings (SSSR count). The molecular weight excluding hydrogens is 323 g/mol. The molecule has 0 aliphatic carbocycles. The highest BCUT2D eigenvalue weighted by Gasteiger charge is 2.31. The van der Waals surface area contributed by atoms with Crippen LogP contribution in [0, 0.1) is 5.41 Å². The van der Waals surface area contributed by atoms with Crippen molar-refractivity contribution in [2.45, 2.75) is 0 Å². The van der Waals surface area contributed by atoms with Crippen molar-refractivity contribution in [3.63, 3.8) is 0 Å². The molecule has 3 N–H and O–H groups in total. The Kier molecular flexibility index (Phi) is 6.70. The summed E-state index contributed by atoms with van der Waals surface area (Å²) in [6, 6.07) is 2.89. The van der Waals surface area contributed by atoms with Crippen LogP contribution in [0.2, 0.25) is 10.0 Å². The third kappa shape index (κ3) is 3.99. The first kappa shape index (κ1) is 18.0. The fourth-order valence-electron chi connectivity index (χ4n) is 1.50. The number of benzene rings is 1. The molecule has 0 aromatic heterocycles. The summed E-state index contributed by atoms with van der Waals surface area (Å²) in [7, 11) is 1.33. The molecule has 0 atom stereocenters. The summed E-state index contributed by atoms with van der Waals surface area (Å²) < 4.78 is 10.0. The number of ether oxygens (including phenoxy) is 2. The van der Waals surface area contributed by atoms with Crippen molar-refractivity contribution < 1.29 is 29.6 Å². The van der Waals surface area contributed by atoms with Crippen LogP contribution in [-0.4, -0.2) is 54.8 Å². The second-order valence-corrected chi connectivity index (χ2v) is 5.30. The third-order valence-electron chi connectivity index (χ3n) is 2.98. The second-order valence-electron chi connectivity index (χ2n) is 4.49. The lowest BCUT2D eigenvalue weighted by atomic mass is 9.92. The minimum atomic E-state index is -1.33. The Hall–Kier alpha value is -1.05. The maximum atomic E-state index is 12.1. The smallest absolute Gasteiger partial charge is 0.343 e. The largest absolute Gasteiger partial charge is 0.494 e. The van der Waals surface area contributed by atoms with E-state index in [9.17, 15) is 20.1 Å². The molecular formula is C13H16Cl2O6. The number of carbonyl (C=O) groups excluding carboxylic acids is 1. The third-order valence-corrected chi connectivity index (χ3v) is 3.60. The standard InChI is InChI=1S/C13H16Cl2O6/c1-20-11-9(15)3-2-8(14)10(11)12(19)21-7-13(4-16,5-17)6-18/h2-3,16-18H,4-7H2,1H3. The van der Waals surface area contributed by atoms with Crippen LogP contribution in [0.4, 0.5) is 0 Å². The lowest BCUT2D eigenvalue weighted by molar-refractivity contribution is -0.0441. The van der Waals surface area contributed by atoms with E-state index in [4.69, 9.17) is 32.7 Å². The normalized spacial score (nSPS) is 11.3. The molecule has 1 aromatic rings. The molecule has 21 heavy (non-hydrogen) atoms. The lowest BCUT2D eigenvalue weighted by Crippen LogP contribution is -2.39. The first-order valence-corrected chi connectivity index (χ1v) is 6.72. The SMILES string of the molecule is COc1c(Cl)ccc(Cl)c1C(=O)OCC(CO)(CO)CO. The number of methoxy groups -OCH3 is 1. The van der Waals surface area contributed by atoms with Crippen molar-refractivity contribution in [3.05, 3.63) is 27.7 Å². The summed E-state index contributed by atoms with van der Waals surface area (Å²) in [5.41, 5.74) is -1.39. The van der Waals surface area contributed by atoms with Crippen molar-refractivity contribution in [1.82, 2.24) is 0 Å². The van der Waals surface area contributed by atoms with E-state index >= 15 is 0 Å². The van der Waals surface area contributed by atoms with Gasteiger partial charge in [0.05, 0.1) is 42.4 Å². The molecule has 118 valence electrons. The number of halogens is 2. The molecule has 0 unspecified atom stereocenters. The first-order chi connectivity index (χ1) is 9.94. The summed E-state index contributed by atoms with van der Waals surface area (Å²) in [5.74, 6) is -0.768. The van der Waals surface area contributed by atoms with E-state index in [-0.39, 0.29) is 28.0 Å². The Morgan fingerprint density at radius 3 is 2.14 bits per heavy atom. The van der Waals surface area contributed by atoms with Crippen LogP contribution < -0.4 is 4.74 Å². The van der Waals surface area contributed by atoms with Gasteiger partial charge < -0.3 is 24.8 Å². The molecule has 1 aromatic carbocycles. The highest BCUT2D eigenvalue weighted by molar-refractivity contribution is 6.37. The van der Waals surface area contributed by atoms with Crippen LogP contribution in [0.15, 0.2) is 12.1 Å². The quantitative estimate of drug-likeness (QED) is 0.645. The van der Waals surface area contributed by atoms with Gasteiger partial charge in [0.15, 0.2) is 5.75 Å². The van der Waals surface area contributed by atoms with Crippen LogP contribution in [-0.2, 0) is 4.74 Å². The van der Waals surface area contributed by atoms with Gasteiger partial charge in [-0.15, -0.1) is 0 Å². The number of carbonyl (C=O) groups is 1. The minimum absolute atomic E-state index is 0.0608. The Morgan fingerprint density at radius 2 is 1.67 bits per heavy atom. The van der Waals surface area contributed by atoms with Crippen molar-refractivity contribution in [2.24, 2.45) is 5.41 Å². The Balaban J connectivity index is 2.98. The van der Waals surface area contributed by atoms with Crippen LogP contribution in [0.1, 0.15) is 10.4 Å². The lowest BCUT2D eigenvalue weighted by Gasteiger charge is -2.26. The molecule has 0 spiro atoms. The minimum Gasteiger partial charge on any atom is -0.494 e. The van der Waals surface area contributed by atoms with Gasteiger partial charge in [-0.1, -0.05) is 23.2 Å². The fraction of sp³-hybridized carbons (Fsp3) is 0.462. The van der Waals surface area contributed by atoms with Gasteiger partial charge in [-0.2, -0.15) is 0 Å². The topological polar surface area (TPSA) is 96.2 Å². The van der Waals surface area contributed by atoms with Crippen LogP contribution in [0.3, 0.4) is 0 Å². The van der Waals surface area contributed by atoms with Gasteiger partial charge in [0, 0.05) is 0 Å². The molecule has 0 saturated heterocycles. The molecule has 0 aliphatic rings. The Labute approximate surface area is 131 Å². The summed E-state index contributed by atoms with van der Waals surface area (Å²) in [6.45, 7) is -2.03. The molecule has 0 amide bonds. The van der Waals surface area contributed by atoms with Crippen molar-refractivity contribution >= 4 is 29.2 Å². The number of esters is 1. The molecule has 0 saturated carbocycles. The Morgan fingerprint density at radius 1 is 1.14 bits per heavy atom. The van der Waals surface area contributed by atoms with Crippen LogP contribution in [0.25, 0.3) is 0 Å². The van der Waals surface area contributed by atoms with Crippen LogP contribution >= 0.6 is 23.2 Å². The molecule has 0 radical (unpaired) electrons. The summed E-state index contributed by atoms with van der Waals surface area (Å²) in [4.78, 5) is 12.1. The zero-order chi connectivity index (χ0) is 16.0. The van der Waals surface area contributed by atoms with Gasteiger partial charge in [-0.25, -0.2) is 4.79 Å². The van der Waals surface area contributed by atoms with E-state index in [1.165, 1.54) is 19.2 Å². The predicted molar refractivity (Wildman–Crippen MR) is 77.0 cm³/mol. The van der Waals surface area contributed by atoms with Crippen molar-refractivity contribution in [1.29, 1.82) is 0 Å². The molecule has 8 heteroatoms. The summed E-state index contributed by atoms with van der Waals surface area (Å²) >= 11 is 11.8. The maximum absolute atomic E-state index is 12.1. The highest BCUT2D eigenvalue weighted by Crippen LogP contribution is 2.34. The number of hydrogen-bond acceptors (Lipinski definition) is 6. The summed E-state index contributed by atoms with van der Waals surface area (Å²) in [6.07, 6.45) is 0. The van der Waals surface area contributed by atoms with Gasteiger partial charge in [-0.05, 0) is 12.1 Å². The highest BCUT2D eigenvalue weighted by atomic mass is 35.5. The number of rotatable bonds is 7. The maximum Gasteiger partial charge on any atom is 0.343 e. The number of hydrogen-bond donors (Lipinski definition) is 3. The Bertz CT molecular complexity index is 493. The number of aliphatic hydroxyl groups is 3. The van der Waals surface area contributed by atoms with E-state index < -0.39 is 31.2 Å². The predicted octanol–water partition coefficient (Wildman–Crippen LogP) is 1.12. The molecule has 0 aliphatic heterocycles. The van der Waals surface area contributed by atoms with E-state index in [1.807, 2.05) is 0 Å². The van der Waals surface area contributed by atoms with Gasteiger partial charge in [-0.3, -0.25) is 0 Å². The average molecular weight is 339 g/mol. The van der Waals surface area contributed by atoms with Gasteiger partial charge in [0.2, 0.25) is 0 Å². The molecule has 0 fully saturated rings. The van der Waals surface area contributed by atoms with Crippen LogP contribution in [0.5, 0.6) is 5.75 Å². The fourth-order valence-corrected chi connectivity index (χ4v) is 1.96. The van der Waals surface area contributed by atoms with E-state index in [1.54, 1.807) is 0 Å². The molecule has 6 nitrogen and oxygen atoms in total. The zero-order valence-corrected chi connectivity index (χ0v) is 12.8. The monoisotopic (exact) mass is 338 g/mol. The van der Waals surface area contributed by atoms with E-state index in [0.717, 1.165) is 0 Å². The van der Waals surface area contributed by atoms with Gasteiger partial charge in [0.25, 0.3) is 0 Å². The summed E-state index contributed by atoms with van der Waals surface area (Å²) in [5, 5.41) is 27.8. The second kappa shape index (κ2) is 7.82.